The number of ketones is 1. The van der Waals surface area contributed by atoms with Gasteiger partial charge in [0.2, 0.25) is 11.8 Å². The van der Waals surface area contributed by atoms with Gasteiger partial charge in [0.15, 0.2) is 11.6 Å². The molecule has 0 bridgehead atoms. The van der Waals surface area contributed by atoms with Crippen LogP contribution in [0.2, 0.25) is 0 Å². The number of rotatable bonds is 7. The van der Waals surface area contributed by atoms with Crippen LogP contribution in [0.1, 0.15) is 48.4 Å². The zero-order chi connectivity index (χ0) is 28.0. The van der Waals surface area contributed by atoms with E-state index in [4.69, 9.17) is 0 Å². The molecule has 6 rings (SSSR count). The molecular formula is C27H24BrFN8O3. The molecule has 2 aliphatic rings. The van der Waals surface area contributed by atoms with Crippen LogP contribution < -0.4 is 5.32 Å². The van der Waals surface area contributed by atoms with Gasteiger partial charge in [0, 0.05) is 42.6 Å². The van der Waals surface area contributed by atoms with Gasteiger partial charge in [0.25, 0.3) is 0 Å². The van der Waals surface area contributed by atoms with Crippen molar-refractivity contribution >= 4 is 50.2 Å². The SMILES string of the molecule is CC(=O)c1nn(CC(=O)N2C[C@H](F)C[C@H]2C(=O)Nc2cncc(Br)n2)c2ccc(-c3cnc(C4CC4)nc3)cc12. The Morgan fingerprint density at radius 2 is 1.88 bits per heavy atom. The average Bonchev–Trinajstić information content (AvgIpc) is 3.62. The quantitative estimate of drug-likeness (QED) is 0.314. The number of alkyl halides is 1. The van der Waals surface area contributed by atoms with Crippen molar-refractivity contribution in [3.8, 4) is 11.1 Å². The number of fused-ring (bicyclic) bond motifs is 1. The van der Waals surface area contributed by atoms with Crippen LogP contribution in [0, 0.1) is 0 Å². The lowest BCUT2D eigenvalue weighted by molar-refractivity contribution is -0.137. The van der Waals surface area contributed by atoms with Crippen molar-refractivity contribution in [3.05, 3.63) is 59.1 Å². The van der Waals surface area contributed by atoms with Crippen molar-refractivity contribution in [1.29, 1.82) is 0 Å². The molecular weight excluding hydrogens is 583 g/mol. The van der Waals surface area contributed by atoms with E-state index in [1.807, 2.05) is 12.1 Å². The van der Waals surface area contributed by atoms with Gasteiger partial charge in [-0.2, -0.15) is 5.10 Å². The second-order valence-corrected chi connectivity index (χ2v) is 10.8. The fraction of sp³-hybridized carbons (Fsp3) is 0.333. The van der Waals surface area contributed by atoms with Crippen molar-refractivity contribution in [2.45, 2.75) is 50.9 Å². The fourth-order valence-corrected chi connectivity index (χ4v) is 5.23. The first-order valence-electron chi connectivity index (χ1n) is 12.8. The predicted molar refractivity (Wildman–Crippen MR) is 146 cm³/mol. The minimum Gasteiger partial charge on any atom is -0.326 e. The van der Waals surface area contributed by atoms with Gasteiger partial charge in [-0.3, -0.25) is 24.0 Å². The van der Waals surface area contributed by atoms with Crippen LogP contribution in [-0.2, 0) is 16.1 Å². The van der Waals surface area contributed by atoms with Gasteiger partial charge >= 0.3 is 0 Å². The summed E-state index contributed by atoms with van der Waals surface area (Å²) in [6.07, 6.45) is 7.10. The van der Waals surface area contributed by atoms with Crippen molar-refractivity contribution in [2.75, 3.05) is 11.9 Å². The zero-order valence-electron chi connectivity index (χ0n) is 21.4. The molecule has 4 heterocycles. The molecule has 11 nitrogen and oxygen atoms in total. The Morgan fingerprint density at radius 1 is 1.10 bits per heavy atom. The predicted octanol–water partition coefficient (Wildman–Crippen LogP) is 3.70. The first kappa shape index (κ1) is 26.1. The summed E-state index contributed by atoms with van der Waals surface area (Å²) in [5.41, 5.74) is 2.40. The van der Waals surface area contributed by atoms with E-state index in [9.17, 15) is 18.8 Å². The van der Waals surface area contributed by atoms with Gasteiger partial charge in [0.05, 0.1) is 24.5 Å². The van der Waals surface area contributed by atoms with Crippen LogP contribution in [0.15, 0.2) is 47.6 Å². The van der Waals surface area contributed by atoms with Crippen LogP contribution in [0.5, 0.6) is 0 Å². The minimum atomic E-state index is -1.36. The highest BCUT2D eigenvalue weighted by Crippen LogP contribution is 2.38. The molecule has 1 aliphatic heterocycles. The molecule has 0 spiro atoms. The summed E-state index contributed by atoms with van der Waals surface area (Å²) in [5, 5.41) is 7.59. The summed E-state index contributed by atoms with van der Waals surface area (Å²) in [4.78, 5) is 57.0. The number of Topliss-reactive ketones (excluding diaryl/α,β-unsaturated/α-hetero) is 1. The lowest BCUT2D eigenvalue weighted by atomic mass is 10.0. The molecule has 1 aliphatic carbocycles. The molecule has 1 aromatic carbocycles. The number of halogens is 2. The Balaban J connectivity index is 1.25. The molecule has 0 radical (unpaired) electrons. The Morgan fingerprint density at radius 3 is 2.58 bits per heavy atom. The van der Waals surface area contributed by atoms with E-state index in [2.05, 4.69) is 46.3 Å². The molecule has 2 fully saturated rings. The van der Waals surface area contributed by atoms with E-state index < -0.39 is 24.0 Å². The number of amides is 2. The number of carbonyl (C=O) groups excluding carboxylic acids is 3. The second kappa shape index (κ2) is 10.5. The summed E-state index contributed by atoms with van der Waals surface area (Å²) in [6, 6.07) is 4.44. The highest BCUT2D eigenvalue weighted by Gasteiger charge is 2.40. The molecule has 3 aromatic heterocycles. The molecule has 2 atom stereocenters. The maximum absolute atomic E-state index is 14.4. The van der Waals surface area contributed by atoms with Gasteiger partial charge in [-0.15, -0.1) is 0 Å². The van der Waals surface area contributed by atoms with E-state index >= 15 is 0 Å². The van der Waals surface area contributed by atoms with E-state index in [-0.39, 0.29) is 36.8 Å². The maximum atomic E-state index is 14.4. The standard InChI is InChI=1S/C27H24BrFN8O3/c1-14(38)25-19-6-16(17-8-31-26(32-9-17)15-2-3-15)4-5-20(19)37(35-25)13-24(39)36-12-18(29)7-21(36)27(40)34-23-11-30-10-22(28)33-23/h4-6,8-11,15,18,21H,2-3,7,12-13H2,1H3,(H,33,34,40)/t18-,21+/m1/s1. The van der Waals surface area contributed by atoms with Crippen LogP contribution in [0.4, 0.5) is 10.2 Å². The molecule has 1 N–H and O–H groups in total. The molecule has 4 aromatic rings. The van der Waals surface area contributed by atoms with Crippen LogP contribution in [0.25, 0.3) is 22.0 Å². The van der Waals surface area contributed by atoms with Gasteiger partial charge in [-0.1, -0.05) is 6.07 Å². The number of nitrogens with one attached hydrogen (secondary N) is 1. The highest BCUT2D eigenvalue weighted by molar-refractivity contribution is 9.10. The third kappa shape index (κ3) is 5.20. The first-order chi connectivity index (χ1) is 19.3. The number of aromatic nitrogens is 6. The third-order valence-electron chi connectivity index (χ3n) is 7.05. The average molecular weight is 607 g/mol. The largest absolute Gasteiger partial charge is 0.326 e. The first-order valence-corrected chi connectivity index (χ1v) is 13.6. The Bertz CT molecular complexity index is 1640. The fourth-order valence-electron chi connectivity index (χ4n) is 4.92. The lowest BCUT2D eigenvalue weighted by Gasteiger charge is -2.23. The zero-order valence-corrected chi connectivity index (χ0v) is 23.0. The van der Waals surface area contributed by atoms with Crippen LogP contribution in [0.3, 0.4) is 0 Å². The molecule has 1 saturated heterocycles. The van der Waals surface area contributed by atoms with Gasteiger partial charge in [-0.05, 0) is 46.5 Å². The third-order valence-corrected chi connectivity index (χ3v) is 7.43. The van der Waals surface area contributed by atoms with Gasteiger partial charge in [-0.25, -0.2) is 19.3 Å². The summed E-state index contributed by atoms with van der Waals surface area (Å²) in [6.45, 7) is 0.921. The minimum absolute atomic E-state index is 0.136. The van der Waals surface area contributed by atoms with E-state index in [1.165, 1.54) is 28.9 Å². The van der Waals surface area contributed by atoms with Crippen LogP contribution >= 0.6 is 15.9 Å². The second-order valence-electron chi connectivity index (χ2n) is 10.0. The molecule has 13 heteroatoms. The Labute approximate surface area is 236 Å². The number of hydrogen-bond donors (Lipinski definition) is 1. The molecule has 0 unspecified atom stereocenters. The van der Waals surface area contributed by atoms with Gasteiger partial charge < -0.3 is 10.2 Å². The number of nitrogens with zero attached hydrogens (tertiary/aromatic N) is 7. The summed E-state index contributed by atoms with van der Waals surface area (Å²) in [5.74, 6) is 0.158. The summed E-state index contributed by atoms with van der Waals surface area (Å²) in [7, 11) is 0. The smallest absolute Gasteiger partial charge is 0.248 e. The number of likely N-dealkylation sites (tertiary alicyclic amines) is 1. The Hall–Kier alpha value is -4.13. The molecule has 204 valence electrons. The highest BCUT2D eigenvalue weighted by atomic mass is 79.9. The number of hydrogen-bond acceptors (Lipinski definition) is 8. The topological polar surface area (TPSA) is 136 Å². The van der Waals surface area contributed by atoms with Crippen molar-refractivity contribution in [1.82, 2.24) is 34.6 Å². The van der Waals surface area contributed by atoms with Crippen molar-refractivity contribution in [2.24, 2.45) is 0 Å². The van der Waals surface area contributed by atoms with E-state index in [1.54, 1.807) is 18.5 Å². The van der Waals surface area contributed by atoms with Crippen LogP contribution in [-0.4, -0.2) is 71.0 Å². The summed E-state index contributed by atoms with van der Waals surface area (Å²) >= 11 is 3.19. The molecule has 2 amide bonds. The van der Waals surface area contributed by atoms with E-state index in [0.717, 1.165) is 29.8 Å². The number of carbonyl (C=O) groups is 3. The van der Waals surface area contributed by atoms with Gasteiger partial charge in [0.1, 0.15) is 34.9 Å². The van der Waals surface area contributed by atoms with E-state index in [0.29, 0.717) is 21.4 Å². The maximum Gasteiger partial charge on any atom is 0.248 e. The Kier molecular flexibility index (Phi) is 6.82. The number of benzene rings is 1. The lowest BCUT2D eigenvalue weighted by Crippen LogP contribution is -2.44. The molecule has 40 heavy (non-hydrogen) atoms. The monoisotopic (exact) mass is 606 g/mol. The number of anilines is 1. The normalized spacial score (nSPS) is 18.7. The molecule has 1 saturated carbocycles. The summed E-state index contributed by atoms with van der Waals surface area (Å²) < 4.78 is 16.3. The van der Waals surface area contributed by atoms with Crippen molar-refractivity contribution < 1.29 is 18.8 Å². The van der Waals surface area contributed by atoms with Crippen molar-refractivity contribution in [3.63, 3.8) is 0 Å².